The lowest BCUT2D eigenvalue weighted by molar-refractivity contribution is -0.121. The third kappa shape index (κ3) is 4.03. The number of benzene rings is 1. The van der Waals surface area contributed by atoms with Crippen LogP contribution in [-0.2, 0) is 9.53 Å². The smallest absolute Gasteiger partial charge is 0.227 e. The maximum Gasteiger partial charge on any atom is 0.227 e. The number of methoxy groups -OCH3 is 1. The van der Waals surface area contributed by atoms with E-state index in [-0.39, 0.29) is 10.9 Å². The van der Waals surface area contributed by atoms with Gasteiger partial charge in [0, 0.05) is 11.6 Å². The van der Waals surface area contributed by atoms with Crippen molar-refractivity contribution in [3.63, 3.8) is 0 Å². The van der Waals surface area contributed by atoms with Gasteiger partial charge in [0.1, 0.15) is 5.69 Å². The van der Waals surface area contributed by atoms with Crippen molar-refractivity contribution in [2.45, 2.75) is 25.9 Å². The lowest BCUT2D eigenvalue weighted by Crippen LogP contribution is -2.30. The molecule has 1 N–H and O–H groups in total. The van der Waals surface area contributed by atoms with Gasteiger partial charge < -0.3 is 10.1 Å². The second kappa shape index (κ2) is 5.75. The van der Waals surface area contributed by atoms with Crippen molar-refractivity contribution in [2.75, 3.05) is 12.4 Å². The van der Waals surface area contributed by atoms with Gasteiger partial charge in [-0.1, -0.05) is 15.9 Å². The van der Waals surface area contributed by atoms with Gasteiger partial charge >= 0.3 is 0 Å². The topological polar surface area (TPSA) is 38.3 Å². The van der Waals surface area contributed by atoms with Crippen molar-refractivity contribution < 1.29 is 18.3 Å². The third-order valence-corrected chi connectivity index (χ3v) is 2.87. The van der Waals surface area contributed by atoms with Crippen LogP contribution in [0.4, 0.5) is 14.5 Å². The molecule has 0 saturated carbocycles. The van der Waals surface area contributed by atoms with Crippen LogP contribution in [-0.4, -0.2) is 18.6 Å². The van der Waals surface area contributed by atoms with E-state index in [1.165, 1.54) is 7.11 Å². The maximum absolute atomic E-state index is 13.5. The molecule has 1 aromatic carbocycles. The highest BCUT2D eigenvalue weighted by Gasteiger charge is 2.22. The highest BCUT2D eigenvalue weighted by atomic mass is 79.9. The van der Waals surface area contributed by atoms with Gasteiger partial charge in [-0.15, -0.1) is 0 Å². The molecule has 0 atom stereocenters. The molecule has 1 amide bonds. The van der Waals surface area contributed by atoms with Crippen LogP contribution >= 0.6 is 15.9 Å². The summed E-state index contributed by atoms with van der Waals surface area (Å²) in [6, 6.07) is 2.17. The molecule has 6 heteroatoms. The van der Waals surface area contributed by atoms with Crippen molar-refractivity contribution in [3.8, 4) is 0 Å². The molecule has 0 aliphatic heterocycles. The van der Waals surface area contributed by atoms with Gasteiger partial charge in [0.25, 0.3) is 0 Å². The Kier molecular flexibility index (Phi) is 4.81. The minimum atomic E-state index is -0.828. The molecule has 0 bridgehead atoms. The summed E-state index contributed by atoms with van der Waals surface area (Å²) in [5.74, 6) is -2.17. The van der Waals surface area contributed by atoms with E-state index in [4.69, 9.17) is 4.74 Å². The molecule has 0 spiro atoms. The molecule has 0 heterocycles. The second-order valence-electron chi connectivity index (χ2n) is 4.43. The van der Waals surface area contributed by atoms with Crippen molar-refractivity contribution in [2.24, 2.45) is 0 Å². The summed E-state index contributed by atoms with van der Waals surface area (Å²) in [5.41, 5.74) is -1.14. The predicted molar refractivity (Wildman–Crippen MR) is 68.4 cm³/mol. The zero-order valence-corrected chi connectivity index (χ0v) is 11.9. The van der Waals surface area contributed by atoms with E-state index in [9.17, 15) is 13.6 Å². The van der Waals surface area contributed by atoms with Crippen LogP contribution in [0, 0.1) is 11.6 Å². The van der Waals surface area contributed by atoms with Gasteiger partial charge in [-0.25, -0.2) is 8.78 Å². The molecule has 0 aromatic heterocycles. The number of amides is 1. The molecule has 100 valence electrons. The summed E-state index contributed by atoms with van der Waals surface area (Å²) in [5, 5.41) is 2.21. The fourth-order valence-electron chi connectivity index (χ4n) is 1.30. The van der Waals surface area contributed by atoms with Gasteiger partial charge in [-0.05, 0) is 26.0 Å². The first kappa shape index (κ1) is 15.0. The Bertz CT molecular complexity index is 440. The summed E-state index contributed by atoms with van der Waals surface area (Å²) in [6.45, 7) is 3.42. The molecule has 1 rings (SSSR count). The number of carbonyl (C=O) groups excluding carboxylic acids is 1. The zero-order chi connectivity index (χ0) is 13.9. The number of rotatable bonds is 4. The van der Waals surface area contributed by atoms with Crippen molar-refractivity contribution in [1.82, 2.24) is 0 Å². The molecular weight excluding hydrogens is 308 g/mol. The SMILES string of the molecule is COC(C)(C)CC(=O)Nc1c(F)cc(Br)cc1F. The molecule has 18 heavy (non-hydrogen) atoms. The van der Waals surface area contributed by atoms with Crippen molar-refractivity contribution in [1.29, 1.82) is 0 Å². The number of nitrogens with one attached hydrogen (secondary N) is 1. The largest absolute Gasteiger partial charge is 0.378 e. The first-order chi connectivity index (χ1) is 8.25. The molecule has 0 aliphatic carbocycles. The minimum Gasteiger partial charge on any atom is -0.378 e. The van der Waals surface area contributed by atoms with Crippen LogP contribution in [0.25, 0.3) is 0 Å². The number of hydrogen-bond acceptors (Lipinski definition) is 2. The first-order valence-corrected chi connectivity index (χ1v) is 6.04. The Morgan fingerprint density at radius 3 is 2.33 bits per heavy atom. The Hall–Kier alpha value is -1.01. The van der Waals surface area contributed by atoms with E-state index >= 15 is 0 Å². The third-order valence-electron chi connectivity index (χ3n) is 2.41. The molecular formula is C12H14BrF2NO2. The van der Waals surface area contributed by atoms with Crippen LogP contribution in [0.3, 0.4) is 0 Å². The molecule has 1 aromatic rings. The van der Waals surface area contributed by atoms with Gasteiger partial charge in [-0.3, -0.25) is 4.79 Å². The number of carbonyl (C=O) groups is 1. The van der Waals surface area contributed by atoms with Crippen molar-refractivity contribution in [3.05, 3.63) is 28.2 Å². The normalized spacial score (nSPS) is 11.4. The molecule has 0 unspecified atom stereocenters. The Labute approximate surface area is 113 Å². The van der Waals surface area contributed by atoms with Crippen LogP contribution in [0.2, 0.25) is 0 Å². The minimum absolute atomic E-state index is 0.00154. The lowest BCUT2D eigenvalue weighted by atomic mass is 10.0. The predicted octanol–water partition coefficient (Wildman–Crippen LogP) is 3.48. The molecule has 0 radical (unpaired) electrons. The highest BCUT2D eigenvalue weighted by molar-refractivity contribution is 9.10. The van der Waals surface area contributed by atoms with E-state index in [2.05, 4.69) is 21.2 Å². The van der Waals surface area contributed by atoms with Crippen LogP contribution in [0.15, 0.2) is 16.6 Å². The highest BCUT2D eigenvalue weighted by Crippen LogP contribution is 2.24. The summed E-state index contributed by atoms with van der Waals surface area (Å²) in [6.07, 6.45) is -0.00154. The van der Waals surface area contributed by atoms with Gasteiger partial charge in [0.15, 0.2) is 11.6 Å². The number of anilines is 1. The molecule has 0 aliphatic rings. The van der Waals surface area contributed by atoms with Gasteiger partial charge in [0.05, 0.1) is 12.0 Å². The maximum atomic E-state index is 13.5. The average Bonchev–Trinajstić information content (AvgIpc) is 2.22. The molecule has 3 nitrogen and oxygen atoms in total. The van der Waals surface area contributed by atoms with E-state index in [0.29, 0.717) is 0 Å². The number of halogens is 3. The van der Waals surface area contributed by atoms with Gasteiger partial charge in [0.2, 0.25) is 5.91 Å². The summed E-state index contributed by atoms with van der Waals surface area (Å²) in [7, 11) is 1.47. The number of hydrogen-bond donors (Lipinski definition) is 1. The van der Waals surface area contributed by atoms with Gasteiger partial charge in [-0.2, -0.15) is 0 Å². The van der Waals surface area contributed by atoms with E-state index in [1.807, 2.05) is 0 Å². The fraction of sp³-hybridized carbons (Fsp3) is 0.417. The summed E-state index contributed by atoms with van der Waals surface area (Å²) < 4.78 is 32.3. The molecule has 0 fully saturated rings. The number of ether oxygens (including phenoxy) is 1. The van der Waals surface area contributed by atoms with E-state index in [1.54, 1.807) is 13.8 Å². The standard InChI is InChI=1S/C12H14BrF2NO2/c1-12(2,18-3)6-10(17)16-11-8(14)4-7(13)5-9(11)15/h4-5H,6H2,1-3H3,(H,16,17). The van der Waals surface area contributed by atoms with Crippen LogP contribution in [0.1, 0.15) is 20.3 Å². The quantitative estimate of drug-likeness (QED) is 0.922. The van der Waals surface area contributed by atoms with Crippen molar-refractivity contribution >= 4 is 27.5 Å². The zero-order valence-electron chi connectivity index (χ0n) is 10.3. The molecule has 0 saturated heterocycles. The second-order valence-corrected chi connectivity index (χ2v) is 5.35. The fourth-order valence-corrected chi connectivity index (χ4v) is 1.71. The lowest BCUT2D eigenvalue weighted by Gasteiger charge is -2.22. The van der Waals surface area contributed by atoms with E-state index in [0.717, 1.165) is 12.1 Å². The Morgan fingerprint density at radius 1 is 1.39 bits per heavy atom. The van der Waals surface area contributed by atoms with Crippen LogP contribution < -0.4 is 5.32 Å². The Morgan fingerprint density at radius 2 is 1.89 bits per heavy atom. The van der Waals surface area contributed by atoms with E-state index < -0.39 is 28.8 Å². The van der Waals surface area contributed by atoms with Crippen LogP contribution in [0.5, 0.6) is 0 Å². The first-order valence-electron chi connectivity index (χ1n) is 5.25. The average molecular weight is 322 g/mol. The summed E-state index contributed by atoms with van der Waals surface area (Å²) in [4.78, 5) is 11.6. The Balaban J connectivity index is 2.83. The summed E-state index contributed by atoms with van der Waals surface area (Å²) >= 11 is 2.96. The monoisotopic (exact) mass is 321 g/mol.